The van der Waals surface area contributed by atoms with Crippen LogP contribution in [0.4, 0.5) is 0 Å². The summed E-state index contributed by atoms with van der Waals surface area (Å²) in [5.41, 5.74) is 2.18. The van der Waals surface area contributed by atoms with E-state index in [1.54, 1.807) is 0 Å². The molecule has 20 heavy (non-hydrogen) atoms. The highest BCUT2D eigenvalue weighted by molar-refractivity contribution is 6.31. The fourth-order valence-electron chi connectivity index (χ4n) is 3.37. The van der Waals surface area contributed by atoms with Crippen molar-refractivity contribution < 1.29 is 0 Å². The molecule has 1 aliphatic rings. The molecule has 0 aromatic carbocycles. The molecule has 0 aliphatic heterocycles. The molecule has 1 unspecified atom stereocenters. The maximum Gasteiger partial charge on any atom is 0.0847 e. The van der Waals surface area contributed by atoms with Gasteiger partial charge >= 0.3 is 0 Å². The van der Waals surface area contributed by atoms with Crippen LogP contribution in [0.2, 0.25) is 5.02 Å². The Morgan fingerprint density at radius 2 is 2.05 bits per heavy atom. The Hall–Kier alpha value is -0.540. The first kappa shape index (κ1) is 15.8. The van der Waals surface area contributed by atoms with Gasteiger partial charge in [-0.2, -0.15) is 5.10 Å². The molecule has 3 nitrogen and oxygen atoms in total. The number of aromatic nitrogens is 2. The number of hydrogen-bond donors (Lipinski definition) is 1. The molecule has 114 valence electrons. The van der Waals surface area contributed by atoms with Crippen molar-refractivity contribution in [1.29, 1.82) is 0 Å². The summed E-state index contributed by atoms with van der Waals surface area (Å²) in [5, 5.41) is 9.16. The fourth-order valence-corrected chi connectivity index (χ4v) is 3.58. The highest BCUT2D eigenvalue weighted by atomic mass is 35.5. The van der Waals surface area contributed by atoms with Crippen molar-refractivity contribution in [2.45, 2.75) is 71.9 Å². The number of nitrogens with zero attached hydrogens (tertiary/aromatic N) is 2. The zero-order valence-electron chi connectivity index (χ0n) is 13.1. The van der Waals surface area contributed by atoms with Crippen LogP contribution >= 0.6 is 11.6 Å². The number of rotatable bonds is 7. The van der Waals surface area contributed by atoms with Gasteiger partial charge in [0.25, 0.3) is 0 Å². The molecule has 1 N–H and O–H groups in total. The predicted octanol–water partition coefficient (Wildman–Crippen LogP) is 3.97. The molecular weight excluding hydrogens is 270 g/mol. The van der Waals surface area contributed by atoms with E-state index < -0.39 is 0 Å². The molecule has 0 saturated heterocycles. The lowest BCUT2D eigenvalue weighted by Crippen LogP contribution is -2.38. The lowest BCUT2D eigenvalue weighted by atomic mass is 9.93. The minimum absolute atomic E-state index is 0.552. The van der Waals surface area contributed by atoms with Crippen molar-refractivity contribution in [2.24, 2.45) is 5.92 Å². The van der Waals surface area contributed by atoms with Gasteiger partial charge in [-0.25, -0.2) is 0 Å². The Labute approximate surface area is 128 Å². The predicted molar refractivity (Wildman–Crippen MR) is 85.4 cm³/mol. The third kappa shape index (κ3) is 3.56. The molecule has 0 bridgehead atoms. The van der Waals surface area contributed by atoms with E-state index in [9.17, 15) is 0 Å². The van der Waals surface area contributed by atoms with Gasteiger partial charge in [-0.05, 0) is 45.6 Å². The van der Waals surface area contributed by atoms with E-state index in [-0.39, 0.29) is 0 Å². The number of halogens is 1. The van der Waals surface area contributed by atoms with Crippen LogP contribution in [0.3, 0.4) is 0 Å². The summed E-state index contributed by atoms with van der Waals surface area (Å²) in [7, 11) is 0. The van der Waals surface area contributed by atoms with Crippen LogP contribution in [-0.2, 0) is 13.0 Å². The highest BCUT2D eigenvalue weighted by Crippen LogP contribution is 2.31. The smallest absolute Gasteiger partial charge is 0.0847 e. The SMILES string of the molecule is CCCNC(Cc1c(Cl)c(C)nn1CC)C1CCCC1. The van der Waals surface area contributed by atoms with Crippen LogP contribution in [0.5, 0.6) is 0 Å². The summed E-state index contributed by atoms with van der Waals surface area (Å²) >= 11 is 6.47. The summed E-state index contributed by atoms with van der Waals surface area (Å²) in [6, 6.07) is 0.552. The average Bonchev–Trinajstić information content (AvgIpc) is 3.06. The van der Waals surface area contributed by atoms with E-state index in [1.165, 1.54) is 37.8 Å². The van der Waals surface area contributed by atoms with Crippen molar-refractivity contribution in [2.75, 3.05) is 6.54 Å². The first-order chi connectivity index (χ1) is 9.67. The lowest BCUT2D eigenvalue weighted by molar-refractivity contribution is 0.349. The molecule has 0 amide bonds. The summed E-state index contributed by atoms with van der Waals surface area (Å²) in [5.74, 6) is 0.804. The molecule has 1 saturated carbocycles. The van der Waals surface area contributed by atoms with Crippen molar-refractivity contribution in [3.63, 3.8) is 0 Å². The molecule has 1 fully saturated rings. The van der Waals surface area contributed by atoms with Crippen LogP contribution < -0.4 is 5.32 Å². The minimum atomic E-state index is 0.552. The topological polar surface area (TPSA) is 29.9 Å². The molecule has 1 aromatic heterocycles. The summed E-state index contributed by atoms with van der Waals surface area (Å²) in [4.78, 5) is 0. The van der Waals surface area contributed by atoms with Gasteiger partial charge in [0.15, 0.2) is 0 Å². The molecule has 1 aromatic rings. The van der Waals surface area contributed by atoms with Gasteiger partial charge in [0, 0.05) is 19.0 Å². The molecule has 0 radical (unpaired) electrons. The van der Waals surface area contributed by atoms with Crippen LogP contribution in [0.25, 0.3) is 0 Å². The Morgan fingerprint density at radius 1 is 1.35 bits per heavy atom. The van der Waals surface area contributed by atoms with E-state index >= 15 is 0 Å². The minimum Gasteiger partial charge on any atom is -0.313 e. The molecule has 2 rings (SSSR count). The zero-order valence-corrected chi connectivity index (χ0v) is 13.8. The standard InChI is InChI=1S/C16H28ClN3/c1-4-10-18-14(13-8-6-7-9-13)11-15-16(17)12(3)19-20(15)5-2/h13-14,18H,4-11H2,1-3H3. The van der Waals surface area contributed by atoms with E-state index in [0.717, 1.165) is 36.1 Å². The van der Waals surface area contributed by atoms with Gasteiger partial charge in [-0.15, -0.1) is 0 Å². The van der Waals surface area contributed by atoms with Gasteiger partial charge in [-0.1, -0.05) is 31.4 Å². The second-order valence-corrected chi connectivity index (χ2v) is 6.35. The molecule has 1 aliphatic carbocycles. The first-order valence-electron chi connectivity index (χ1n) is 8.12. The van der Waals surface area contributed by atoms with Gasteiger partial charge < -0.3 is 5.32 Å². The van der Waals surface area contributed by atoms with Crippen molar-refractivity contribution in [3.05, 3.63) is 16.4 Å². The van der Waals surface area contributed by atoms with Crippen molar-refractivity contribution >= 4 is 11.6 Å². The third-order valence-electron chi connectivity index (χ3n) is 4.49. The Bertz CT molecular complexity index is 422. The van der Waals surface area contributed by atoms with Gasteiger partial charge in [0.05, 0.1) is 16.4 Å². The number of nitrogens with one attached hydrogen (secondary N) is 1. The number of aryl methyl sites for hydroxylation is 2. The Kier molecular flexibility index (Phi) is 5.91. The first-order valence-corrected chi connectivity index (χ1v) is 8.50. The normalized spacial score (nSPS) is 17.8. The second-order valence-electron chi connectivity index (χ2n) is 5.97. The Morgan fingerprint density at radius 3 is 2.65 bits per heavy atom. The van der Waals surface area contributed by atoms with E-state index in [4.69, 9.17) is 11.6 Å². The molecule has 1 heterocycles. The summed E-state index contributed by atoms with van der Waals surface area (Å²) in [6.45, 7) is 8.36. The van der Waals surface area contributed by atoms with E-state index in [2.05, 4.69) is 28.9 Å². The lowest BCUT2D eigenvalue weighted by Gasteiger charge is -2.25. The summed E-state index contributed by atoms with van der Waals surface area (Å²) < 4.78 is 2.08. The van der Waals surface area contributed by atoms with Crippen LogP contribution in [0.15, 0.2) is 0 Å². The second kappa shape index (κ2) is 7.46. The van der Waals surface area contributed by atoms with Gasteiger partial charge in [-0.3, -0.25) is 4.68 Å². The van der Waals surface area contributed by atoms with Gasteiger partial charge in [0.1, 0.15) is 0 Å². The average molecular weight is 298 g/mol. The Balaban J connectivity index is 2.13. The molecule has 0 spiro atoms. The maximum atomic E-state index is 6.47. The van der Waals surface area contributed by atoms with Gasteiger partial charge in [0.2, 0.25) is 0 Å². The van der Waals surface area contributed by atoms with Crippen molar-refractivity contribution in [3.8, 4) is 0 Å². The highest BCUT2D eigenvalue weighted by Gasteiger charge is 2.27. The molecular formula is C16H28ClN3. The van der Waals surface area contributed by atoms with E-state index in [1.807, 2.05) is 6.92 Å². The monoisotopic (exact) mass is 297 g/mol. The van der Waals surface area contributed by atoms with E-state index in [0.29, 0.717) is 6.04 Å². The zero-order chi connectivity index (χ0) is 14.5. The summed E-state index contributed by atoms with van der Waals surface area (Å²) in [6.07, 6.45) is 7.68. The van der Waals surface area contributed by atoms with Crippen molar-refractivity contribution in [1.82, 2.24) is 15.1 Å². The third-order valence-corrected chi connectivity index (χ3v) is 4.98. The fraction of sp³-hybridized carbons (Fsp3) is 0.812. The maximum absolute atomic E-state index is 6.47. The quantitative estimate of drug-likeness (QED) is 0.825. The molecule has 4 heteroatoms. The van der Waals surface area contributed by atoms with Crippen LogP contribution in [0, 0.1) is 12.8 Å². The number of hydrogen-bond acceptors (Lipinski definition) is 2. The largest absolute Gasteiger partial charge is 0.313 e. The van der Waals surface area contributed by atoms with Crippen LogP contribution in [-0.4, -0.2) is 22.4 Å². The van der Waals surface area contributed by atoms with Crippen LogP contribution in [0.1, 0.15) is 57.3 Å². The molecule has 1 atom stereocenters.